The van der Waals surface area contributed by atoms with Crippen molar-refractivity contribution in [3.8, 4) is 6.07 Å². The normalized spacial score (nSPS) is 15.1. The highest BCUT2D eigenvalue weighted by Gasteiger charge is 1.98. The molecule has 0 bridgehead atoms. The van der Waals surface area contributed by atoms with Crippen molar-refractivity contribution >= 4 is 10.8 Å². The Kier molecular flexibility index (Phi) is 7.02. The molecule has 0 fully saturated rings. The first-order chi connectivity index (χ1) is 5.66. The van der Waals surface area contributed by atoms with Crippen molar-refractivity contribution in [1.29, 1.82) is 5.26 Å². The molecule has 0 radical (unpaired) electrons. The zero-order chi connectivity index (χ0) is 9.40. The van der Waals surface area contributed by atoms with Crippen molar-refractivity contribution in [3.05, 3.63) is 0 Å². The Morgan fingerprint density at radius 1 is 1.67 bits per heavy atom. The van der Waals surface area contributed by atoms with E-state index in [0.717, 1.165) is 18.7 Å². The second kappa shape index (κ2) is 7.26. The first-order valence-corrected chi connectivity index (χ1v) is 5.80. The molecular formula is C8H16N2OS. The quantitative estimate of drug-likeness (QED) is 0.623. The molecule has 0 aliphatic carbocycles. The van der Waals surface area contributed by atoms with Crippen LogP contribution in [-0.4, -0.2) is 28.8 Å². The van der Waals surface area contributed by atoms with E-state index in [1.54, 1.807) is 6.26 Å². The van der Waals surface area contributed by atoms with E-state index in [1.165, 1.54) is 0 Å². The highest BCUT2D eigenvalue weighted by Crippen LogP contribution is 1.88. The average Bonchev–Trinajstić information content (AvgIpc) is 1.98. The number of rotatable bonds is 6. The van der Waals surface area contributed by atoms with Gasteiger partial charge in [0, 0.05) is 28.9 Å². The smallest absolute Gasteiger partial charge is 0.0638 e. The number of hydrogen-bond acceptors (Lipinski definition) is 3. The minimum atomic E-state index is -0.689. The van der Waals surface area contributed by atoms with Crippen LogP contribution >= 0.6 is 0 Å². The Balaban J connectivity index is 3.20. The Bertz CT molecular complexity index is 176. The lowest BCUT2D eigenvalue weighted by molar-refractivity contribution is 0.555. The highest BCUT2D eigenvalue weighted by molar-refractivity contribution is 7.84. The summed E-state index contributed by atoms with van der Waals surface area (Å²) in [5.74, 6) is 0.742. The molecule has 0 aromatic heterocycles. The third-order valence-electron chi connectivity index (χ3n) is 1.50. The van der Waals surface area contributed by atoms with Gasteiger partial charge in [-0.15, -0.1) is 0 Å². The molecule has 0 aromatic rings. The minimum Gasteiger partial charge on any atom is -0.313 e. The van der Waals surface area contributed by atoms with Gasteiger partial charge in [0.25, 0.3) is 0 Å². The Labute approximate surface area is 76.6 Å². The molecule has 0 aliphatic rings. The van der Waals surface area contributed by atoms with E-state index >= 15 is 0 Å². The Hall–Kier alpha value is -0.400. The van der Waals surface area contributed by atoms with Crippen LogP contribution in [0.2, 0.25) is 0 Å². The molecule has 0 saturated carbocycles. The van der Waals surface area contributed by atoms with Crippen molar-refractivity contribution in [3.63, 3.8) is 0 Å². The summed E-state index contributed by atoms with van der Waals surface area (Å²) < 4.78 is 10.6. The molecule has 2 atom stereocenters. The van der Waals surface area contributed by atoms with Gasteiger partial charge in [0.2, 0.25) is 0 Å². The molecule has 0 heterocycles. The van der Waals surface area contributed by atoms with Gasteiger partial charge >= 0.3 is 0 Å². The van der Waals surface area contributed by atoms with Crippen molar-refractivity contribution in [1.82, 2.24) is 5.32 Å². The molecule has 0 aromatic carbocycles. The molecule has 0 spiro atoms. The largest absolute Gasteiger partial charge is 0.313 e. The third kappa shape index (κ3) is 7.70. The summed E-state index contributed by atoms with van der Waals surface area (Å²) in [7, 11) is -0.689. The van der Waals surface area contributed by atoms with Gasteiger partial charge < -0.3 is 5.32 Å². The second-order valence-corrected chi connectivity index (χ2v) is 4.40. The van der Waals surface area contributed by atoms with Crippen molar-refractivity contribution in [2.45, 2.75) is 25.8 Å². The Morgan fingerprint density at radius 3 is 2.83 bits per heavy atom. The van der Waals surface area contributed by atoms with E-state index in [2.05, 4.69) is 11.4 Å². The predicted molar refractivity (Wildman–Crippen MR) is 51.2 cm³/mol. The van der Waals surface area contributed by atoms with Crippen LogP contribution in [0.25, 0.3) is 0 Å². The number of nitriles is 1. The fourth-order valence-corrected chi connectivity index (χ4v) is 1.38. The summed E-state index contributed by atoms with van der Waals surface area (Å²) in [6, 6.07) is 2.34. The van der Waals surface area contributed by atoms with E-state index in [-0.39, 0.29) is 6.04 Å². The zero-order valence-corrected chi connectivity index (χ0v) is 8.49. The molecule has 0 saturated heterocycles. The number of nitrogens with zero attached hydrogens (tertiary/aromatic N) is 1. The number of nitrogens with one attached hydrogen (secondary N) is 1. The van der Waals surface area contributed by atoms with Crippen molar-refractivity contribution < 1.29 is 4.21 Å². The summed E-state index contributed by atoms with van der Waals surface area (Å²) in [6.07, 6.45) is 3.16. The molecule has 0 rings (SSSR count). The fraction of sp³-hybridized carbons (Fsp3) is 0.875. The summed E-state index contributed by atoms with van der Waals surface area (Å²) in [5.41, 5.74) is 0. The SMILES string of the molecule is CC(CC#N)NCCCS(C)=O. The maximum Gasteiger partial charge on any atom is 0.0638 e. The first-order valence-electron chi connectivity index (χ1n) is 4.07. The van der Waals surface area contributed by atoms with Crippen LogP contribution < -0.4 is 5.32 Å². The van der Waals surface area contributed by atoms with Gasteiger partial charge in [-0.1, -0.05) is 0 Å². The summed E-state index contributed by atoms with van der Waals surface area (Å²) in [6.45, 7) is 2.83. The molecule has 4 heteroatoms. The van der Waals surface area contributed by atoms with Crippen molar-refractivity contribution in [2.24, 2.45) is 0 Å². The van der Waals surface area contributed by atoms with Gasteiger partial charge in [0.1, 0.15) is 0 Å². The van der Waals surface area contributed by atoms with E-state index < -0.39 is 10.8 Å². The predicted octanol–water partition coefficient (Wildman–Crippen LogP) is 0.647. The standard InChI is InChI=1S/C8H16N2OS/c1-8(4-5-9)10-6-3-7-12(2)11/h8,10H,3-4,6-7H2,1-2H3. The Morgan fingerprint density at radius 2 is 2.33 bits per heavy atom. The monoisotopic (exact) mass is 188 g/mol. The topological polar surface area (TPSA) is 52.9 Å². The van der Waals surface area contributed by atoms with Crippen LogP contribution in [0.4, 0.5) is 0 Å². The molecule has 0 amide bonds. The summed E-state index contributed by atoms with van der Waals surface area (Å²) >= 11 is 0. The van der Waals surface area contributed by atoms with Crippen molar-refractivity contribution in [2.75, 3.05) is 18.6 Å². The van der Waals surface area contributed by atoms with Crippen LogP contribution in [0, 0.1) is 11.3 Å². The third-order valence-corrected chi connectivity index (χ3v) is 2.36. The summed E-state index contributed by atoms with van der Waals surface area (Å²) in [5, 5.41) is 11.5. The number of hydrogen-bond donors (Lipinski definition) is 1. The lowest BCUT2D eigenvalue weighted by Crippen LogP contribution is -2.27. The molecule has 0 aliphatic heterocycles. The van der Waals surface area contributed by atoms with Gasteiger partial charge in [-0.3, -0.25) is 4.21 Å². The minimum absolute atomic E-state index is 0.250. The van der Waals surface area contributed by atoms with E-state index in [4.69, 9.17) is 5.26 Å². The molecule has 1 N–H and O–H groups in total. The first kappa shape index (κ1) is 11.6. The van der Waals surface area contributed by atoms with E-state index in [9.17, 15) is 4.21 Å². The fourth-order valence-electron chi connectivity index (χ4n) is 0.833. The van der Waals surface area contributed by atoms with Gasteiger partial charge in [-0.05, 0) is 19.9 Å². The molecule has 70 valence electrons. The van der Waals surface area contributed by atoms with E-state index in [1.807, 2.05) is 6.92 Å². The van der Waals surface area contributed by atoms with Crippen LogP contribution in [0.15, 0.2) is 0 Å². The molecule has 3 nitrogen and oxygen atoms in total. The van der Waals surface area contributed by atoms with E-state index in [0.29, 0.717) is 6.42 Å². The maximum absolute atomic E-state index is 10.6. The van der Waals surface area contributed by atoms with Crippen LogP contribution in [-0.2, 0) is 10.8 Å². The van der Waals surface area contributed by atoms with Crippen LogP contribution in [0.1, 0.15) is 19.8 Å². The molecule has 12 heavy (non-hydrogen) atoms. The van der Waals surface area contributed by atoms with Gasteiger partial charge in [-0.2, -0.15) is 5.26 Å². The van der Waals surface area contributed by atoms with Gasteiger partial charge in [0.15, 0.2) is 0 Å². The lowest BCUT2D eigenvalue weighted by atomic mass is 10.2. The lowest BCUT2D eigenvalue weighted by Gasteiger charge is -2.08. The second-order valence-electron chi connectivity index (χ2n) is 2.85. The van der Waals surface area contributed by atoms with Gasteiger partial charge in [0.05, 0.1) is 12.5 Å². The summed E-state index contributed by atoms with van der Waals surface area (Å²) in [4.78, 5) is 0. The zero-order valence-electron chi connectivity index (χ0n) is 7.67. The maximum atomic E-state index is 10.6. The molecule has 2 unspecified atom stereocenters. The molecular weight excluding hydrogens is 172 g/mol. The van der Waals surface area contributed by atoms with Crippen LogP contribution in [0.5, 0.6) is 0 Å². The highest BCUT2D eigenvalue weighted by atomic mass is 32.2. The van der Waals surface area contributed by atoms with Crippen LogP contribution in [0.3, 0.4) is 0 Å². The van der Waals surface area contributed by atoms with Gasteiger partial charge in [-0.25, -0.2) is 0 Å². The average molecular weight is 188 g/mol.